The summed E-state index contributed by atoms with van der Waals surface area (Å²) in [5, 5.41) is 5.67. The maximum atomic E-state index is 14.3. The first-order valence-electron chi connectivity index (χ1n) is 8.41. The van der Waals surface area contributed by atoms with Crippen molar-refractivity contribution in [3.63, 3.8) is 0 Å². The topological polar surface area (TPSA) is 86.7 Å². The van der Waals surface area contributed by atoms with Gasteiger partial charge in [0.2, 0.25) is 0 Å². The van der Waals surface area contributed by atoms with Crippen molar-refractivity contribution >= 4 is 33.9 Å². The first-order valence-corrected chi connectivity index (χ1v) is 9.67. The molecule has 0 saturated carbocycles. The fourth-order valence-electron chi connectivity index (χ4n) is 2.89. The molecule has 0 radical (unpaired) electrons. The van der Waals surface area contributed by atoms with Gasteiger partial charge in [-0.05, 0) is 26.0 Å². The van der Waals surface area contributed by atoms with E-state index in [-0.39, 0.29) is 39.8 Å². The number of rotatable bonds is 4. The number of thiazole rings is 1. The van der Waals surface area contributed by atoms with Crippen molar-refractivity contribution in [3.8, 4) is 11.3 Å². The highest BCUT2D eigenvalue weighted by atomic mass is 35.5. The number of nitrogens with zero attached hydrogens (tertiary/aromatic N) is 3. The zero-order chi connectivity index (χ0) is 20.7. The fourth-order valence-corrected chi connectivity index (χ4v) is 4.04. The number of carbonyl (C=O) groups is 1. The summed E-state index contributed by atoms with van der Waals surface area (Å²) in [5.41, 5.74) is 0.668. The number of hydrogen-bond donors (Lipinski definition) is 0. The molecular formula is C19H13ClFN3O4S. The average molecular weight is 434 g/mol. The Kier molecular flexibility index (Phi) is 4.93. The van der Waals surface area contributed by atoms with Crippen LogP contribution in [0.3, 0.4) is 0 Å². The predicted molar refractivity (Wildman–Crippen MR) is 105 cm³/mol. The van der Waals surface area contributed by atoms with Crippen LogP contribution in [0.25, 0.3) is 16.2 Å². The van der Waals surface area contributed by atoms with Gasteiger partial charge in [-0.25, -0.2) is 14.2 Å². The van der Waals surface area contributed by atoms with Gasteiger partial charge in [0.15, 0.2) is 4.96 Å². The van der Waals surface area contributed by atoms with Crippen LogP contribution in [0.2, 0.25) is 5.02 Å². The van der Waals surface area contributed by atoms with Gasteiger partial charge in [0.1, 0.15) is 29.4 Å². The lowest BCUT2D eigenvalue weighted by molar-refractivity contribution is 0.0466. The standard InChI is InChI=1S/C19H13ClFN3O4S/c1-9-8-29-19-22-11(6-14(25)24(9)19)7-27-18(26)15-10(2)28-23-17(15)16-12(20)4-3-5-13(16)21/h3-6,8H,7H2,1-2H3. The van der Waals surface area contributed by atoms with Gasteiger partial charge in [0, 0.05) is 17.1 Å². The summed E-state index contributed by atoms with van der Waals surface area (Å²) in [7, 11) is 0. The van der Waals surface area contributed by atoms with E-state index in [1.165, 1.54) is 46.9 Å². The molecule has 7 nitrogen and oxygen atoms in total. The summed E-state index contributed by atoms with van der Waals surface area (Å²) in [5.74, 6) is -1.28. The van der Waals surface area contributed by atoms with Gasteiger partial charge in [-0.3, -0.25) is 9.20 Å². The van der Waals surface area contributed by atoms with Crippen molar-refractivity contribution in [2.24, 2.45) is 0 Å². The minimum absolute atomic E-state index is 0.0400. The summed E-state index contributed by atoms with van der Waals surface area (Å²) in [4.78, 5) is 29.7. The van der Waals surface area contributed by atoms with Crippen LogP contribution in [-0.4, -0.2) is 20.5 Å². The van der Waals surface area contributed by atoms with E-state index in [1.807, 2.05) is 5.38 Å². The Morgan fingerprint density at radius 1 is 1.38 bits per heavy atom. The van der Waals surface area contributed by atoms with Crippen LogP contribution in [0, 0.1) is 19.7 Å². The molecule has 0 aliphatic carbocycles. The third kappa shape index (κ3) is 3.43. The van der Waals surface area contributed by atoms with Gasteiger partial charge in [-0.2, -0.15) is 0 Å². The van der Waals surface area contributed by atoms with E-state index < -0.39 is 11.8 Å². The molecule has 0 fully saturated rings. The monoisotopic (exact) mass is 433 g/mol. The number of fused-ring (bicyclic) bond motifs is 1. The largest absolute Gasteiger partial charge is 0.455 e. The highest BCUT2D eigenvalue weighted by Gasteiger charge is 2.26. The Labute approximate surface area is 172 Å². The van der Waals surface area contributed by atoms with Gasteiger partial charge in [-0.1, -0.05) is 22.8 Å². The van der Waals surface area contributed by atoms with Crippen LogP contribution in [0.1, 0.15) is 27.5 Å². The highest BCUT2D eigenvalue weighted by molar-refractivity contribution is 7.15. The molecule has 0 aliphatic rings. The number of carbonyl (C=O) groups excluding carboxylic acids is 1. The SMILES string of the molecule is Cc1onc(-c2c(F)cccc2Cl)c1C(=O)OCc1cc(=O)n2c(C)csc2n1. The first kappa shape index (κ1) is 19.3. The second kappa shape index (κ2) is 7.41. The predicted octanol–water partition coefficient (Wildman–Crippen LogP) is 4.18. The number of esters is 1. The second-order valence-electron chi connectivity index (χ2n) is 6.22. The van der Waals surface area contributed by atoms with Gasteiger partial charge in [0.25, 0.3) is 5.56 Å². The van der Waals surface area contributed by atoms with Crippen LogP contribution in [0.5, 0.6) is 0 Å². The quantitative estimate of drug-likeness (QED) is 0.449. The van der Waals surface area contributed by atoms with Crippen LogP contribution < -0.4 is 5.56 Å². The molecule has 3 heterocycles. The molecule has 0 bridgehead atoms. The number of hydrogen-bond acceptors (Lipinski definition) is 7. The van der Waals surface area contributed by atoms with Crippen LogP contribution in [0.15, 0.2) is 39.0 Å². The molecule has 0 spiro atoms. The Bertz CT molecular complexity index is 1290. The van der Waals surface area contributed by atoms with Gasteiger partial charge in [-0.15, -0.1) is 11.3 Å². The van der Waals surface area contributed by atoms with Crippen molar-refractivity contribution in [1.29, 1.82) is 0 Å². The molecule has 3 aromatic heterocycles. The number of benzene rings is 1. The molecule has 0 amide bonds. The average Bonchev–Trinajstić information content (AvgIpc) is 3.23. The lowest BCUT2D eigenvalue weighted by Crippen LogP contribution is -2.16. The van der Waals surface area contributed by atoms with E-state index in [4.69, 9.17) is 20.9 Å². The molecule has 0 saturated heterocycles. The van der Waals surface area contributed by atoms with Crippen molar-refractivity contribution in [2.45, 2.75) is 20.5 Å². The van der Waals surface area contributed by atoms with Crippen molar-refractivity contribution < 1.29 is 18.4 Å². The number of aryl methyl sites for hydroxylation is 2. The molecule has 0 unspecified atom stereocenters. The van der Waals surface area contributed by atoms with Crippen molar-refractivity contribution in [2.75, 3.05) is 0 Å². The molecular weight excluding hydrogens is 421 g/mol. The van der Waals surface area contributed by atoms with E-state index in [9.17, 15) is 14.0 Å². The van der Waals surface area contributed by atoms with Crippen LogP contribution in [-0.2, 0) is 11.3 Å². The van der Waals surface area contributed by atoms with E-state index in [2.05, 4.69) is 10.1 Å². The number of halogens is 2. The molecule has 4 rings (SSSR count). The Balaban J connectivity index is 1.63. The Morgan fingerprint density at radius 3 is 2.93 bits per heavy atom. The van der Waals surface area contributed by atoms with Crippen molar-refractivity contribution in [3.05, 3.63) is 73.6 Å². The minimum Gasteiger partial charge on any atom is -0.455 e. The molecule has 4 aromatic rings. The van der Waals surface area contributed by atoms with Gasteiger partial charge in [0.05, 0.1) is 16.3 Å². The summed E-state index contributed by atoms with van der Waals surface area (Å²) >= 11 is 7.39. The molecule has 10 heteroatoms. The summed E-state index contributed by atoms with van der Waals surface area (Å²) in [6.45, 7) is 3.07. The first-order chi connectivity index (χ1) is 13.9. The van der Waals surface area contributed by atoms with Crippen LogP contribution >= 0.6 is 22.9 Å². The molecule has 0 N–H and O–H groups in total. The normalized spacial score (nSPS) is 11.2. The highest BCUT2D eigenvalue weighted by Crippen LogP contribution is 2.33. The number of aromatic nitrogens is 3. The zero-order valence-electron chi connectivity index (χ0n) is 15.2. The fraction of sp³-hybridized carbons (Fsp3) is 0.158. The number of ether oxygens (including phenoxy) is 1. The Hall–Kier alpha value is -3.04. The maximum Gasteiger partial charge on any atom is 0.344 e. The third-order valence-electron chi connectivity index (χ3n) is 4.25. The van der Waals surface area contributed by atoms with Crippen LogP contribution in [0.4, 0.5) is 4.39 Å². The minimum atomic E-state index is -0.789. The van der Waals surface area contributed by atoms with E-state index in [0.29, 0.717) is 10.7 Å². The van der Waals surface area contributed by atoms with Gasteiger partial charge < -0.3 is 9.26 Å². The van der Waals surface area contributed by atoms with Gasteiger partial charge >= 0.3 is 5.97 Å². The summed E-state index contributed by atoms with van der Waals surface area (Å²) in [6.07, 6.45) is 0. The van der Waals surface area contributed by atoms with Crippen molar-refractivity contribution in [1.82, 2.24) is 14.5 Å². The molecule has 29 heavy (non-hydrogen) atoms. The van der Waals surface area contributed by atoms with E-state index in [1.54, 1.807) is 6.92 Å². The second-order valence-corrected chi connectivity index (χ2v) is 7.46. The summed E-state index contributed by atoms with van der Waals surface area (Å²) in [6, 6.07) is 5.43. The third-order valence-corrected chi connectivity index (χ3v) is 5.50. The van der Waals surface area contributed by atoms with E-state index >= 15 is 0 Å². The molecule has 0 aliphatic heterocycles. The molecule has 1 aromatic carbocycles. The Morgan fingerprint density at radius 2 is 2.17 bits per heavy atom. The lowest BCUT2D eigenvalue weighted by atomic mass is 10.1. The molecule has 148 valence electrons. The molecule has 0 atom stereocenters. The summed E-state index contributed by atoms with van der Waals surface area (Å²) < 4.78 is 26.1. The lowest BCUT2D eigenvalue weighted by Gasteiger charge is -2.07. The maximum absolute atomic E-state index is 14.3. The smallest absolute Gasteiger partial charge is 0.344 e. The zero-order valence-corrected chi connectivity index (χ0v) is 16.8. The van der Waals surface area contributed by atoms with E-state index in [0.717, 1.165) is 5.69 Å².